The Morgan fingerprint density at radius 2 is 2.33 bits per heavy atom. The summed E-state index contributed by atoms with van der Waals surface area (Å²) in [4.78, 5) is 16.8. The van der Waals surface area contributed by atoms with Gasteiger partial charge in [-0.05, 0) is 51.7 Å². The van der Waals surface area contributed by atoms with E-state index in [0.717, 1.165) is 45.7 Å². The van der Waals surface area contributed by atoms with E-state index < -0.39 is 0 Å². The molecule has 21 heavy (non-hydrogen) atoms. The van der Waals surface area contributed by atoms with Gasteiger partial charge in [-0.3, -0.25) is 9.69 Å². The molecule has 1 N–H and O–H groups in total. The summed E-state index contributed by atoms with van der Waals surface area (Å²) < 4.78 is 5.52. The molecule has 122 valence electrons. The molecule has 5 nitrogen and oxygen atoms in total. The number of rotatable bonds is 6. The Balaban J connectivity index is 1.81. The van der Waals surface area contributed by atoms with Crippen molar-refractivity contribution in [1.29, 1.82) is 0 Å². The molecule has 2 aliphatic rings. The van der Waals surface area contributed by atoms with Crippen molar-refractivity contribution in [2.45, 2.75) is 39.2 Å². The number of nitrogens with one attached hydrogen (secondary N) is 1. The van der Waals surface area contributed by atoms with Gasteiger partial charge >= 0.3 is 0 Å². The monoisotopic (exact) mass is 297 g/mol. The lowest BCUT2D eigenvalue weighted by Crippen LogP contribution is -2.49. The van der Waals surface area contributed by atoms with Crippen LogP contribution in [-0.4, -0.2) is 74.2 Å². The summed E-state index contributed by atoms with van der Waals surface area (Å²) in [6.07, 6.45) is 3.83. The van der Waals surface area contributed by atoms with Crippen LogP contribution < -0.4 is 5.32 Å². The fraction of sp³-hybridized carbons (Fsp3) is 0.938. The molecule has 0 aromatic heterocycles. The average molecular weight is 297 g/mol. The highest BCUT2D eigenvalue weighted by Crippen LogP contribution is 2.13. The van der Waals surface area contributed by atoms with Gasteiger partial charge in [-0.25, -0.2) is 0 Å². The normalized spacial score (nSPS) is 27.1. The first kappa shape index (κ1) is 16.7. The first-order chi connectivity index (χ1) is 10.2. The number of nitrogens with zero attached hydrogens (tertiary/aromatic N) is 2. The van der Waals surface area contributed by atoms with E-state index in [-0.39, 0.29) is 12.0 Å². The maximum atomic E-state index is 12.5. The fourth-order valence-electron chi connectivity index (χ4n) is 3.33. The lowest BCUT2D eigenvalue weighted by molar-refractivity contribution is -0.139. The molecule has 0 aromatic rings. The van der Waals surface area contributed by atoms with E-state index in [1.165, 1.54) is 12.8 Å². The quantitative estimate of drug-likeness (QED) is 0.793. The zero-order chi connectivity index (χ0) is 15.1. The Morgan fingerprint density at radius 3 is 3.00 bits per heavy atom. The van der Waals surface area contributed by atoms with Crippen LogP contribution in [0.15, 0.2) is 0 Å². The zero-order valence-electron chi connectivity index (χ0n) is 13.6. The van der Waals surface area contributed by atoms with Gasteiger partial charge in [-0.15, -0.1) is 0 Å². The van der Waals surface area contributed by atoms with Crippen molar-refractivity contribution in [3.8, 4) is 0 Å². The molecule has 0 bridgehead atoms. The summed E-state index contributed by atoms with van der Waals surface area (Å²) >= 11 is 0. The third kappa shape index (κ3) is 5.57. The summed E-state index contributed by atoms with van der Waals surface area (Å²) in [5.74, 6) is 0.962. The number of amides is 1. The predicted octanol–water partition coefficient (Wildman–Crippen LogP) is 0.945. The smallest absolute Gasteiger partial charge is 0.236 e. The number of piperidine rings is 1. The summed E-state index contributed by atoms with van der Waals surface area (Å²) in [6, 6.07) is 0. The van der Waals surface area contributed by atoms with E-state index in [1.54, 1.807) is 0 Å². The van der Waals surface area contributed by atoms with Gasteiger partial charge in [0.1, 0.15) is 0 Å². The minimum atomic E-state index is 0.171. The van der Waals surface area contributed by atoms with Crippen LogP contribution in [0.25, 0.3) is 0 Å². The number of ether oxygens (including phenoxy) is 1. The van der Waals surface area contributed by atoms with Gasteiger partial charge in [0.15, 0.2) is 0 Å². The highest BCUT2D eigenvalue weighted by molar-refractivity contribution is 5.78. The molecule has 0 spiro atoms. The van der Waals surface area contributed by atoms with Crippen LogP contribution >= 0.6 is 0 Å². The van der Waals surface area contributed by atoms with E-state index in [0.29, 0.717) is 19.1 Å². The van der Waals surface area contributed by atoms with Crippen molar-refractivity contribution in [3.63, 3.8) is 0 Å². The topological polar surface area (TPSA) is 44.8 Å². The first-order valence-corrected chi connectivity index (χ1v) is 8.51. The SMILES string of the molecule is CCCN(CC(=O)N1CCOC(C)C1)CC1CCCNC1. The van der Waals surface area contributed by atoms with Crippen LogP contribution in [0.4, 0.5) is 0 Å². The molecule has 0 radical (unpaired) electrons. The summed E-state index contributed by atoms with van der Waals surface area (Å²) in [7, 11) is 0. The van der Waals surface area contributed by atoms with Crippen molar-refractivity contribution in [1.82, 2.24) is 15.1 Å². The molecule has 1 amide bonds. The van der Waals surface area contributed by atoms with Gasteiger partial charge in [0, 0.05) is 19.6 Å². The molecule has 5 heteroatoms. The molecular weight excluding hydrogens is 266 g/mol. The minimum absolute atomic E-state index is 0.171. The Hall–Kier alpha value is -0.650. The van der Waals surface area contributed by atoms with Gasteiger partial charge in [0.2, 0.25) is 5.91 Å². The Labute approximate surface area is 129 Å². The van der Waals surface area contributed by atoms with Crippen LogP contribution in [0.3, 0.4) is 0 Å². The Kier molecular flexibility index (Phi) is 6.93. The Morgan fingerprint density at radius 1 is 1.48 bits per heavy atom. The van der Waals surface area contributed by atoms with Crippen molar-refractivity contribution >= 4 is 5.91 Å². The summed E-state index contributed by atoms with van der Waals surface area (Å²) in [6.45, 7) is 11.3. The fourth-order valence-corrected chi connectivity index (χ4v) is 3.33. The molecule has 2 saturated heterocycles. The number of morpholine rings is 1. The first-order valence-electron chi connectivity index (χ1n) is 8.51. The second kappa shape index (κ2) is 8.71. The number of hydrogen-bond donors (Lipinski definition) is 1. The second-order valence-electron chi connectivity index (χ2n) is 6.47. The van der Waals surface area contributed by atoms with Crippen LogP contribution in [0.2, 0.25) is 0 Å². The van der Waals surface area contributed by atoms with E-state index >= 15 is 0 Å². The van der Waals surface area contributed by atoms with Crippen LogP contribution in [0.5, 0.6) is 0 Å². The third-order valence-electron chi connectivity index (χ3n) is 4.41. The van der Waals surface area contributed by atoms with Gasteiger partial charge in [0.25, 0.3) is 0 Å². The van der Waals surface area contributed by atoms with E-state index in [9.17, 15) is 4.79 Å². The zero-order valence-corrected chi connectivity index (χ0v) is 13.6. The van der Waals surface area contributed by atoms with Crippen LogP contribution in [0, 0.1) is 5.92 Å². The standard InChI is InChI=1S/C16H31N3O2/c1-3-7-18(12-15-5-4-6-17-10-15)13-16(20)19-8-9-21-14(2)11-19/h14-15,17H,3-13H2,1-2H3. The molecule has 0 aromatic carbocycles. The lowest BCUT2D eigenvalue weighted by Gasteiger charge is -2.34. The largest absolute Gasteiger partial charge is 0.375 e. The predicted molar refractivity (Wildman–Crippen MR) is 84.3 cm³/mol. The van der Waals surface area contributed by atoms with E-state index in [2.05, 4.69) is 17.1 Å². The van der Waals surface area contributed by atoms with Gasteiger partial charge in [-0.2, -0.15) is 0 Å². The van der Waals surface area contributed by atoms with Crippen molar-refractivity contribution in [2.75, 3.05) is 52.4 Å². The molecule has 2 unspecified atom stereocenters. The van der Waals surface area contributed by atoms with E-state index in [1.807, 2.05) is 11.8 Å². The van der Waals surface area contributed by atoms with Crippen LogP contribution in [0.1, 0.15) is 33.1 Å². The van der Waals surface area contributed by atoms with Gasteiger partial charge < -0.3 is 15.0 Å². The molecule has 0 aliphatic carbocycles. The summed E-state index contributed by atoms with van der Waals surface area (Å²) in [5, 5.41) is 3.47. The second-order valence-corrected chi connectivity index (χ2v) is 6.47. The van der Waals surface area contributed by atoms with Crippen molar-refractivity contribution < 1.29 is 9.53 Å². The van der Waals surface area contributed by atoms with Gasteiger partial charge in [0.05, 0.1) is 19.3 Å². The lowest BCUT2D eigenvalue weighted by atomic mass is 9.99. The molecule has 2 heterocycles. The number of carbonyl (C=O) groups is 1. The van der Waals surface area contributed by atoms with Crippen molar-refractivity contribution in [3.05, 3.63) is 0 Å². The molecular formula is C16H31N3O2. The Bertz CT molecular complexity index is 319. The third-order valence-corrected chi connectivity index (χ3v) is 4.41. The van der Waals surface area contributed by atoms with Crippen molar-refractivity contribution in [2.24, 2.45) is 5.92 Å². The van der Waals surface area contributed by atoms with Crippen LogP contribution in [-0.2, 0) is 9.53 Å². The molecule has 2 aliphatic heterocycles. The molecule has 0 saturated carbocycles. The highest BCUT2D eigenvalue weighted by atomic mass is 16.5. The average Bonchev–Trinajstić information content (AvgIpc) is 2.48. The van der Waals surface area contributed by atoms with Gasteiger partial charge in [-0.1, -0.05) is 6.92 Å². The molecule has 2 rings (SSSR count). The molecule has 2 atom stereocenters. The number of hydrogen-bond acceptors (Lipinski definition) is 4. The maximum absolute atomic E-state index is 12.5. The minimum Gasteiger partial charge on any atom is -0.375 e. The molecule has 2 fully saturated rings. The highest BCUT2D eigenvalue weighted by Gasteiger charge is 2.24. The van der Waals surface area contributed by atoms with E-state index in [4.69, 9.17) is 4.74 Å². The number of carbonyl (C=O) groups excluding carboxylic acids is 1. The summed E-state index contributed by atoms with van der Waals surface area (Å²) in [5.41, 5.74) is 0. The maximum Gasteiger partial charge on any atom is 0.236 e.